The van der Waals surface area contributed by atoms with E-state index in [1.807, 2.05) is 29.2 Å². The maximum atomic E-state index is 13.1. The van der Waals surface area contributed by atoms with Crippen LogP contribution < -0.4 is 5.56 Å². The van der Waals surface area contributed by atoms with Crippen LogP contribution in [0.15, 0.2) is 53.3 Å². The molecule has 3 heterocycles. The van der Waals surface area contributed by atoms with E-state index in [4.69, 9.17) is 4.98 Å². The fraction of sp³-hybridized carbons (Fsp3) is 0.318. The summed E-state index contributed by atoms with van der Waals surface area (Å²) in [7, 11) is 0. The minimum atomic E-state index is -0.213. The van der Waals surface area contributed by atoms with Gasteiger partial charge in [-0.25, -0.2) is 9.67 Å². The Labute approximate surface area is 177 Å². The molecule has 0 bridgehead atoms. The van der Waals surface area contributed by atoms with Crippen molar-refractivity contribution in [3.05, 3.63) is 63.9 Å². The van der Waals surface area contributed by atoms with E-state index in [-0.39, 0.29) is 30.5 Å². The largest absolute Gasteiger partial charge is 0.333 e. The molecule has 0 unspecified atom stereocenters. The third-order valence-electron chi connectivity index (χ3n) is 5.59. The molecule has 152 valence electrons. The molecule has 0 N–H and O–H groups in total. The van der Waals surface area contributed by atoms with Crippen LogP contribution >= 0.6 is 11.3 Å². The van der Waals surface area contributed by atoms with E-state index in [1.54, 1.807) is 29.5 Å². The van der Waals surface area contributed by atoms with Crippen molar-refractivity contribution in [1.29, 1.82) is 0 Å². The molecule has 1 saturated heterocycles. The van der Waals surface area contributed by atoms with Gasteiger partial charge in [0, 0.05) is 13.0 Å². The van der Waals surface area contributed by atoms with Crippen molar-refractivity contribution in [3.63, 3.8) is 0 Å². The van der Waals surface area contributed by atoms with E-state index in [0.717, 1.165) is 41.0 Å². The number of aryl methyl sites for hydroxylation is 1. The number of rotatable bonds is 4. The molecule has 1 atom stereocenters. The average molecular weight is 420 g/mol. The summed E-state index contributed by atoms with van der Waals surface area (Å²) in [5.74, 6) is 0.0285. The number of para-hydroxylation sites is 1. The van der Waals surface area contributed by atoms with Crippen LogP contribution in [0.1, 0.15) is 36.7 Å². The molecule has 30 heavy (non-hydrogen) atoms. The number of carbonyl (C=O) groups excluding carboxylic acids is 1. The van der Waals surface area contributed by atoms with Crippen molar-refractivity contribution in [2.45, 2.75) is 38.3 Å². The van der Waals surface area contributed by atoms with E-state index in [2.05, 4.69) is 16.4 Å². The first-order valence-electron chi connectivity index (χ1n) is 10.2. The molecule has 8 heteroatoms. The number of thiazole rings is 1. The van der Waals surface area contributed by atoms with Crippen molar-refractivity contribution >= 4 is 38.4 Å². The van der Waals surface area contributed by atoms with Gasteiger partial charge in [0.1, 0.15) is 10.5 Å². The van der Waals surface area contributed by atoms with E-state index >= 15 is 0 Å². The molecule has 7 nitrogen and oxygen atoms in total. The first kappa shape index (κ1) is 18.9. The second-order valence-electron chi connectivity index (χ2n) is 7.50. The standard InChI is InChI=1S/C22H21N5O2S/c28-20(12-14-27-22(29)15-7-1-2-8-16(15)24-25-27)26-13-6-5-10-18(26)21-23-17-9-3-4-11-19(17)30-21/h1-4,7-9,11,18H,5-6,10,12-14H2/t18-/m1/s1. The van der Waals surface area contributed by atoms with Crippen LogP contribution in [-0.4, -0.2) is 37.3 Å². The molecule has 4 aromatic rings. The lowest BCUT2D eigenvalue weighted by Gasteiger charge is -2.34. The van der Waals surface area contributed by atoms with Crippen molar-refractivity contribution in [2.75, 3.05) is 6.54 Å². The molecular weight excluding hydrogens is 398 g/mol. The molecule has 2 aromatic heterocycles. The number of aromatic nitrogens is 4. The first-order valence-corrected chi connectivity index (χ1v) is 11.0. The third-order valence-corrected chi connectivity index (χ3v) is 6.72. The van der Waals surface area contributed by atoms with Crippen LogP contribution in [0.25, 0.3) is 21.1 Å². The Morgan fingerprint density at radius 3 is 2.73 bits per heavy atom. The van der Waals surface area contributed by atoms with Gasteiger partial charge >= 0.3 is 0 Å². The Morgan fingerprint density at radius 1 is 1.07 bits per heavy atom. The number of hydrogen-bond donors (Lipinski definition) is 0. The number of hydrogen-bond acceptors (Lipinski definition) is 6. The van der Waals surface area contributed by atoms with Crippen LogP contribution in [-0.2, 0) is 11.3 Å². The minimum Gasteiger partial charge on any atom is -0.333 e. The van der Waals surface area contributed by atoms with Crippen molar-refractivity contribution in [1.82, 2.24) is 24.9 Å². The highest BCUT2D eigenvalue weighted by Crippen LogP contribution is 2.35. The van der Waals surface area contributed by atoms with Crippen molar-refractivity contribution in [3.8, 4) is 0 Å². The number of likely N-dealkylation sites (tertiary alicyclic amines) is 1. The summed E-state index contributed by atoms with van der Waals surface area (Å²) in [6, 6.07) is 15.2. The zero-order valence-corrected chi connectivity index (χ0v) is 17.2. The number of carbonyl (C=O) groups is 1. The summed E-state index contributed by atoms with van der Waals surface area (Å²) >= 11 is 1.66. The van der Waals surface area contributed by atoms with Gasteiger partial charge in [0.2, 0.25) is 5.91 Å². The van der Waals surface area contributed by atoms with Gasteiger partial charge in [-0.05, 0) is 43.5 Å². The number of piperidine rings is 1. The van der Waals surface area contributed by atoms with E-state index < -0.39 is 0 Å². The molecule has 1 amide bonds. The SMILES string of the molecule is O=C(CCn1nnc2ccccc2c1=O)N1CCCC[C@@H]1c1nc2ccccc2s1. The normalized spacial score (nSPS) is 16.9. The molecule has 5 rings (SSSR count). The topological polar surface area (TPSA) is 81.0 Å². The Balaban J connectivity index is 1.35. The summed E-state index contributed by atoms with van der Waals surface area (Å²) in [6.45, 7) is 0.941. The molecule has 0 radical (unpaired) electrons. The van der Waals surface area contributed by atoms with E-state index in [0.29, 0.717) is 10.9 Å². The van der Waals surface area contributed by atoms with E-state index in [9.17, 15) is 9.59 Å². The molecule has 0 spiro atoms. The fourth-order valence-electron chi connectivity index (χ4n) is 4.03. The van der Waals surface area contributed by atoms with Crippen LogP contribution in [0.2, 0.25) is 0 Å². The number of amides is 1. The molecule has 0 aliphatic carbocycles. The number of fused-ring (bicyclic) bond motifs is 2. The van der Waals surface area contributed by atoms with Crippen LogP contribution in [0.4, 0.5) is 0 Å². The predicted molar refractivity (Wildman–Crippen MR) is 116 cm³/mol. The molecule has 2 aromatic carbocycles. The van der Waals surface area contributed by atoms with Crippen molar-refractivity contribution < 1.29 is 4.79 Å². The average Bonchev–Trinajstić information content (AvgIpc) is 3.23. The molecule has 1 aliphatic rings. The minimum absolute atomic E-state index is 0.00283. The monoisotopic (exact) mass is 419 g/mol. The van der Waals surface area contributed by atoms with Gasteiger partial charge in [-0.1, -0.05) is 29.5 Å². The maximum Gasteiger partial charge on any atom is 0.277 e. The summed E-state index contributed by atoms with van der Waals surface area (Å²) in [5, 5.41) is 9.61. The second-order valence-corrected chi connectivity index (χ2v) is 8.57. The number of nitrogens with zero attached hydrogens (tertiary/aromatic N) is 5. The highest BCUT2D eigenvalue weighted by atomic mass is 32.1. The Hall–Kier alpha value is -3.13. The molecule has 0 saturated carbocycles. The lowest BCUT2D eigenvalue weighted by atomic mass is 10.0. The molecular formula is C22H21N5O2S. The summed E-state index contributed by atoms with van der Waals surface area (Å²) in [6.07, 6.45) is 3.21. The van der Waals surface area contributed by atoms with Gasteiger partial charge in [-0.2, -0.15) is 0 Å². The lowest BCUT2D eigenvalue weighted by Crippen LogP contribution is -2.39. The second kappa shape index (κ2) is 7.95. The van der Waals surface area contributed by atoms with Crippen LogP contribution in [0.5, 0.6) is 0 Å². The molecule has 1 fully saturated rings. The predicted octanol–water partition coefficient (Wildman–Crippen LogP) is 3.55. The first-order chi connectivity index (χ1) is 14.7. The van der Waals surface area contributed by atoms with Gasteiger partial charge < -0.3 is 4.90 Å². The Kier molecular flexibility index (Phi) is 5.00. The van der Waals surface area contributed by atoms with Gasteiger partial charge in [-0.15, -0.1) is 16.4 Å². The number of benzene rings is 2. The quantitative estimate of drug-likeness (QED) is 0.505. The van der Waals surface area contributed by atoms with Gasteiger partial charge in [0.15, 0.2) is 0 Å². The van der Waals surface area contributed by atoms with Gasteiger partial charge in [0.05, 0.1) is 28.2 Å². The zero-order valence-electron chi connectivity index (χ0n) is 16.4. The molecule has 1 aliphatic heterocycles. The smallest absolute Gasteiger partial charge is 0.277 e. The summed E-state index contributed by atoms with van der Waals surface area (Å²) in [5.41, 5.74) is 1.33. The third kappa shape index (κ3) is 3.47. The highest BCUT2D eigenvalue weighted by Gasteiger charge is 2.30. The van der Waals surface area contributed by atoms with Gasteiger partial charge in [-0.3, -0.25) is 9.59 Å². The highest BCUT2D eigenvalue weighted by molar-refractivity contribution is 7.18. The Morgan fingerprint density at radius 2 is 1.87 bits per heavy atom. The summed E-state index contributed by atoms with van der Waals surface area (Å²) in [4.78, 5) is 32.4. The fourth-order valence-corrected chi connectivity index (χ4v) is 5.15. The zero-order chi connectivity index (χ0) is 20.5. The van der Waals surface area contributed by atoms with E-state index in [1.165, 1.54) is 4.68 Å². The van der Waals surface area contributed by atoms with Crippen molar-refractivity contribution in [2.24, 2.45) is 0 Å². The maximum absolute atomic E-state index is 13.1. The summed E-state index contributed by atoms with van der Waals surface area (Å²) < 4.78 is 2.43. The van der Waals surface area contributed by atoms with Crippen LogP contribution in [0, 0.1) is 0 Å². The lowest BCUT2D eigenvalue weighted by molar-refractivity contribution is -0.135. The Bertz CT molecular complexity index is 1250. The van der Waals surface area contributed by atoms with Gasteiger partial charge in [0.25, 0.3) is 5.56 Å². The van der Waals surface area contributed by atoms with Crippen LogP contribution in [0.3, 0.4) is 0 Å².